The standard InChI is InChI=1S/C114H90BN5O/c1-112(2,3)81-64-90(75-38-20-12-21-39-75)110(91(65-81)76-40-22-13-23-41-76)119-103-71-85(116-97-47-29-28-46-87(97)94-70-84(56-61-98(94)116)117-99-48-30-32-50-107(99)121-108-51-33-31-49-100(108)117)54-59-95(103)115-96-60-55-86(118-101-62-79(73-34-16-10-17-35-73)52-57-88(101)89-58-53-80(63-102(89)118)74-36-18-11-19-37-74)72-104(96)120(106-69-83(114(7,8)9)68-105(119)109(106)115)111-92(77-42-24-14-25-43-77)66-82(113(4,5)6)67-93(111)78-44-26-15-27-45-78/h10-72H,1-9H3/i54D,55D,59D,60D,71D,72D. The van der Waals surface area contributed by atoms with Crippen LogP contribution >= 0.6 is 0 Å². The van der Waals surface area contributed by atoms with Crippen LogP contribution in [-0.2, 0) is 16.2 Å². The highest BCUT2D eigenvalue weighted by atomic mass is 16.5. The molecule has 0 N–H and O–H groups in total. The van der Waals surface area contributed by atoms with Crippen molar-refractivity contribution in [1.82, 2.24) is 9.13 Å². The molecule has 5 heterocycles. The second-order valence-corrected chi connectivity index (χ2v) is 35.5. The van der Waals surface area contributed by atoms with Crippen LogP contribution in [0.1, 0.15) is 87.2 Å². The molecule has 22 rings (SSSR count). The first-order chi connectivity index (χ1) is 61.5. The van der Waals surface area contributed by atoms with E-state index in [2.05, 4.69) is 318 Å². The number of aromatic nitrogens is 2. The van der Waals surface area contributed by atoms with Gasteiger partial charge in [0.15, 0.2) is 11.5 Å². The molecule has 7 heteroatoms. The highest BCUT2D eigenvalue weighted by molar-refractivity contribution is 7.00. The van der Waals surface area contributed by atoms with Gasteiger partial charge < -0.3 is 28.6 Å². The van der Waals surface area contributed by atoms with Gasteiger partial charge in [-0.05, 0) is 215 Å². The Morgan fingerprint density at radius 2 is 0.603 bits per heavy atom. The molecule has 0 bridgehead atoms. The number of para-hydroxylation sites is 5. The number of hydrogen-bond acceptors (Lipinski definition) is 4. The van der Waals surface area contributed by atoms with Gasteiger partial charge in [0.25, 0.3) is 6.71 Å². The van der Waals surface area contributed by atoms with E-state index in [-0.39, 0.29) is 47.6 Å². The minimum absolute atomic E-state index is 0.0233. The summed E-state index contributed by atoms with van der Waals surface area (Å²) in [5.41, 5.74) is 23.5. The Hall–Kier alpha value is -14.4. The number of rotatable bonds is 11. The van der Waals surface area contributed by atoms with E-state index >= 15 is 0 Å². The summed E-state index contributed by atoms with van der Waals surface area (Å²) in [6.45, 7) is 19.1. The molecule has 3 aliphatic heterocycles. The summed E-state index contributed by atoms with van der Waals surface area (Å²) in [5, 5.41) is 3.57. The molecule has 0 radical (unpaired) electrons. The van der Waals surface area contributed by atoms with Crippen molar-refractivity contribution < 1.29 is 13.0 Å². The Morgan fingerprint density at radius 3 is 1.02 bits per heavy atom. The lowest BCUT2D eigenvalue weighted by Gasteiger charge is -2.47. The van der Waals surface area contributed by atoms with Crippen LogP contribution in [0, 0.1) is 0 Å². The van der Waals surface area contributed by atoms with E-state index in [1.807, 2.05) is 114 Å². The lowest BCUT2D eigenvalue weighted by Crippen LogP contribution is -2.61. The summed E-state index contributed by atoms with van der Waals surface area (Å²) in [4.78, 5) is 6.81. The monoisotopic (exact) mass is 1560 g/mol. The molecule has 0 atom stereocenters. The Labute approximate surface area is 717 Å². The van der Waals surface area contributed by atoms with E-state index in [1.54, 1.807) is 0 Å². The van der Waals surface area contributed by atoms with Crippen molar-refractivity contribution in [1.29, 1.82) is 0 Å². The van der Waals surface area contributed by atoms with E-state index in [0.29, 0.717) is 39.1 Å². The van der Waals surface area contributed by atoms with Gasteiger partial charge >= 0.3 is 0 Å². The summed E-state index contributed by atoms with van der Waals surface area (Å²) >= 11 is 0. The summed E-state index contributed by atoms with van der Waals surface area (Å²) in [6.07, 6.45) is 0. The van der Waals surface area contributed by atoms with E-state index in [9.17, 15) is 8.22 Å². The third-order valence-electron chi connectivity index (χ3n) is 24.9. The lowest BCUT2D eigenvalue weighted by molar-refractivity contribution is 0.477. The number of ether oxygens (including phenoxy) is 1. The first-order valence-electron chi connectivity index (χ1n) is 45.0. The van der Waals surface area contributed by atoms with E-state index in [1.165, 1.54) is 0 Å². The largest absolute Gasteiger partial charge is 0.453 e. The minimum Gasteiger partial charge on any atom is -0.453 e. The molecule has 0 spiro atoms. The SMILES string of the molecule is [2H]c1c([2H])c(-n2c3ccccc3c3cc(N4c5ccccc5Oc5ccccc54)ccc32)c([2H])c2c1B1c3c(cc(C(C)(C)C)cc3N(c3c(-c4ccccc4)cc(C(C)(C)C)cc3-c3ccccc3)c3c([2H])c(-n4c5cc(-c6ccccc6)ccc5c5ccc(-c6ccccc6)cc54)c([2H])c([2H])c31)N2c1c(-c2ccccc2)cc(C(C)(C)C)cc1-c1ccccc1. The zero-order valence-electron chi connectivity index (χ0n) is 75.1. The fourth-order valence-corrected chi connectivity index (χ4v) is 18.8. The quantitative estimate of drug-likeness (QED) is 0.121. The van der Waals surface area contributed by atoms with Crippen molar-refractivity contribution in [3.63, 3.8) is 0 Å². The Kier molecular flexibility index (Phi) is 15.5. The fourth-order valence-electron chi connectivity index (χ4n) is 18.8. The second-order valence-electron chi connectivity index (χ2n) is 35.5. The first-order valence-corrected chi connectivity index (χ1v) is 42.0. The van der Waals surface area contributed by atoms with Crippen LogP contribution in [0.5, 0.6) is 11.5 Å². The average Bonchev–Trinajstić information content (AvgIpc) is 1.49. The maximum absolute atomic E-state index is 12.2. The highest BCUT2D eigenvalue weighted by Crippen LogP contribution is 2.57. The van der Waals surface area contributed by atoms with Crippen LogP contribution in [0.2, 0.25) is 0 Å². The third-order valence-corrected chi connectivity index (χ3v) is 24.9. The van der Waals surface area contributed by atoms with Crippen molar-refractivity contribution in [2.45, 2.75) is 78.6 Å². The summed E-state index contributed by atoms with van der Waals surface area (Å²) in [7, 11) is 0. The summed E-state index contributed by atoms with van der Waals surface area (Å²) in [6, 6.07) is 120. The first kappa shape index (κ1) is 66.6. The maximum atomic E-state index is 12.2. The maximum Gasteiger partial charge on any atom is 0.252 e. The van der Waals surface area contributed by atoms with Crippen molar-refractivity contribution in [3.8, 4) is 89.6 Å². The van der Waals surface area contributed by atoms with Crippen LogP contribution in [0.4, 0.5) is 51.2 Å². The zero-order valence-corrected chi connectivity index (χ0v) is 69.1. The molecule has 3 aliphatic rings. The van der Waals surface area contributed by atoms with Crippen molar-refractivity contribution >= 4 is 118 Å². The zero-order chi connectivity index (χ0) is 87.0. The molecule has 0 amide bonds. The summed E-state index contributed by atoms with van der Waals surface area (Å²) < 4.78 is 81.4. The van der Waals surface area contributed by atoms with Gasteiger partial charge in [0, 0.05) is 83.6 Å². The average molecular weight is 1560 g/mol. The van der Waals surface area contributed by atoms with Crippen LogP contribution in [-0.4, -0.2) is 15.8 Å². The van der Waals surface area contributed by atoms with E-state index < -0.39 is 23.0 Å². The fraction of sp³-hybridized carbons (Fsp3) is 0.105. The number of fused-ring (bicyclic) bond motifs is 12. The van der Waals surface area contributed by atoms with Gasteiger partial charge in [0.2, 0.25) is 0 Å². The van der Waals surface area contributed by atoms with Gasteiger partial charge in [-0.2, -0.15) is 0 Å². The predicted octanol–water partition coefficient (Wildman–Crippen LogP) is 29.4. The molecule has 0 saturated carbocycles. The Balaban J connectivity index is 0.934. The Morgan fingerprint density at radius 1 is 0.256 bits per heavy atom. The molecule has 0 unspecified atom stereocenters. The van der Waals surface area contributed by atoms with Gasteiger partial charge in [0.1, 0.15) is 0 Å². The molecule has 0 saturated heterocycles. The van der Waals surface area contributed by atoms with Crippen LogP contribution in [0.15, 0.2) is 382 Å². The number of nitrogens with zero attached hydrogens (tertiary/aromatic N) is 5. The van der Waals surface area contributed by atoms with Gasteiger partial charge in [-0.25, -0.2) is 0 Å². The summed E-state index contributed by atoms with van der Waals surface area (Å²) in [5.74, 6) is 1.44. The predicted molar refractivity (Wildman–Crippen MR) is 513 cm³/mol. The van der Waals surface area contributed by atoms with Crippen molar-refractivity contribution in [2.24, 2.45) is 0 Å². The molecule has 0 aliphatic carbocycles. The van der Waals surface area contributed by atoms with Crippen LogP contribution < -0.4 is 35.8 Å². The second kappa shape index (κ2) is 28.2. The normalized spacial score (nSPS) is 13.7. The van der Waals surface area contributed by atoms with Gasteiger partial charge in [-0.15, -0.1) is 0 Å². The molecular formula is C114H90BN5O. The molecule has 0 fully saturated rings. The lowest BCUT2D eigenvalue weighted by atomic mass is 9.33. The minimum atomic E-state index is -1.20. The van der Waals surface area contributed by atoms with E-state index in [0.717, 1.165) is 167 Å². The van der Waals surface area contributed by atoms with Gasteiger partial charge in [0.05, 0.1) is 53.0 Å². The van der Waals surface area contributed by atoms with Crippen molar-refractivity contribution in [3.05, 3.63) is 399 Å². The van der Waals surface area contributed by atoms with Gasteiger partial charge in [-0.3, -0.25) is 0 Å². The Bertz CT molecular complexity index is 7480. The molecular weight excluding hydrogens is 1470 g/mol. The molecule has 121 heavy (non-hydrogen) atoms. The van der Waals surface area contributed by atoms with Crippen molar-refractivity contribution in [2.75, 3.05) is 14.7 Å². The molecule has 17 aromatic carbocycles. The molecule has 19 aromatic rings. The third kappa shape index (κ3) is 12.1. The van der Waals surface area contributed by atoms with Gasteiger partial charge in [-0.1, -0.05) is 323 Å². The molecule has 580 valence electrons. The highest BCUT2D eigenvalue weighted by Gasteiger charge is 2.47. The molecule has 6 nitrogen and oxygen atoms in total. The smallest absolute Gasteiger partial charge is 0.252 e. The topological polar surface area (TPSA) is 28.8 Å². The molecule has 2 aromatic heterocycles. The number of anilines is 9. The van der Waals surface area contributed by atoms with Crippen LogP contribution in [0.3, 0.4) is 0 Å². The number of benzene rings is 17. The number of hydrogen-bond donors (Lipinski definition) is 0. The van der Waals surface area contributed by atoms with E-state index in [4.69, 9.17) is 4.74 Å². The van der Waals surface area contributed by atoms with Crippen LogP contribution in [0.25, 0.3) is 122 Å².